The number of aliphatic imine (C=N–C) groups is 1. The van der Waals surface area contributed by atoms with Crippen LogP contribution in [0.15, 0.2) is 33.7 Å². The van der Waals surface area contributed by atoms with E-state index in [0.717, 1.165) is 54.6 Å². The number of hydrogen-bond acceptors (Lipinski definition) is 3. The number of guanidine groups is 1. The predicted molar refractivity (Wildman–Crippen MR) is 115 cm³/mol. The number of aromatic nitrogens is 3. The third kappa shape index (κ3) is 4.09. The second-order valence-electron chi connectivity index (χ2n) is 7.83. The Kier molecular flexibility index (Phi) is 5.99. The number of hydrogen-bond donors (Lipinski definition) is 2. The van der Waals surface area contributed by atoms with Crippen molar-refractivity contribution >= 4 is 21.9 Å². The van der Waals surface area contributed by atoms with E-state index in [1.165, 1.54) is 31.2 Å². The molecule has 7 heteroatoms. The number of rotatable bonds is 6. The summed E-state index contributed by atoms with van der Waals surface area (Å²) in [5, 5.41) is 15.6. The Morgan fingerprint density at radius 1 is 1.14 bits per heavy atom. The molecule has 0 atom stereocenters. The van der Waals surface area contributed by atoms with E-state index in [9.17, 15) is 0 Å². The zero-order chi connectivity index (χ0) is 19.4. The summed E-state index contributed by atoms with van der Waals surface area (Å²) in [7, 11) is 0. The van der Waals surface area contributed by atoms with Gasteiger partial charge in [0, 0.05) is 35.9 Å². The molecule has 0 radical (unpaired) electrons. The molecule has 1 saturated carbocycles. The van der Waals surface area contributed by atoms with Crippen LogP contribution in [0.25, 0.3) is 0 Å². The van der Waals surface area contributed by atoms with Crippen molar-refractivity contribution in [1.29, 1.82) is 0 Å². The minimum Gasteiger partial charge on any atom is -0.357 e. The SMILES string of the molecule is CCNC(=NCc1nnc2n1CCC2)NCC1(c2ccc(Br)cc2)CCCC1. The van der Waals surface area contributed by atoms with Crippen LogP contribution in [0.2, 0.25) is 0 Å². The lowest BCUT2D eigenvalue weighted by atomic mass is 9.79. The van der Waals surface area contributed by atoms with Gasteiger partial charge in [-0.15, -0.1) is 10.2 Å². The number of nitrogens with zero attached hydrogens (tertiary/aromatic N) is 4. The molecule has 2 aromatic rings. The van der Waals surface area contributed by atoms with Gasteiger partial charge in [0.15, 0.2) is 11.8 Å². The first-order valence-electron chi connectivity index (χ1n) is 10.4. The minimum atomic E-state index is 0.188. The van der Waals surface area contributed by atoms with E-state index in [4.69, 9.17) is 4.99 Å². The number of halogens is 1. The number of nitrogens with one attached hydrogen (secondary N) is 2. The quantitative estimate of drug-likeness (QED) is 0.527. The third-order valence-electron chi connectivity index (χ3n) is 6.02. The van der Waals surface area contributed by atoms with Gasteiger partial charge in [0.05, 0.1) is 0 Å². The van der Waals surface area contributed by atoms with Gasteiger partial charge < -0.3 is 15.2 Å². The molecule has 2 N–H and O–H groups in total. The first kappa shape index (κ1) is 19.4. The van der Waals surface area contributed by atoms with E-state index in [2.05, 4.69) is 72.5 Å². The van der Waals surface area contributed by atoms with Gasteiger partial charge in [-0.25, -0.2) is 4.99 Å². The van der Waals surface area contributed by atoms with E-state index in [1.54, 1.807) is 0 Å². The predicted octanol–water partition coefficient (Wildman–Crippen LogP) is 3.55. The van der Waals surface area contributed by atoms with Gasteiger partial charge in [0.2, 0.25) is 0 Å². The average Bonchev–Trinajstić information content (AvgIpc) is 3.43. The summed E-state index contributed by atoms with van der Waals surface area (Å²) in [6, 6.07) is 8.84. The molecule has 4 rings (SSSR count). The second-order valence-corrected chi connectivity index (χ2v) is 8.75. The fraction of sp³-hybridized carbons (Fsp3) is 0.571. The second kappa shape index (κ2) is 8.64. The zero-order valence-corrected chi connectivity index (χ0v) is 18.1. The maximum Gasteiger partial charge on any atom is 0.191 e. The van der Waals surface area contributed by atoms with Crippen LogP contribution in [-0.4, -0.2) is 33.8 Å². The molecule has 1 aliphatic heterocycles. The Bertz CT molecular complexity index is 820. The van der Waals surface area contributed by atoms with Crippen LogP contribution in [-0.2, 0) is 24.9 Å². The van der Waals surface area contributed by atoms with Crippen molar-refractivity contribution in [3.63, 3.8) is 0 Å². The van der Waals surface area contributed by atoms with E-state index >= 15 is 0 Å². The molecule has 1 aliphatic carbocycles. The van der Waals surface area contributed by atoms with Gasteiger partial charge in [-0.2, -0.15) is 0 Å². The van der Waals surface area contributed by atoms with E-state index in [0.29, 0.717) is 6.54 Å². The maximum atomic E-state index is 4.80. The van der Waals surface area contributed by atoms with Gasteiger partial charge in [-0.3, -0.25) is 0 Å². The van der Waals surface area contributed by atoms with Gasteiger partial charge in [0.25, 0.3) is 0 Å². The summed E-state index contributed by atoms with van der Waals surface area (Å²) in [6.45, 7) is 5.43. The summed E-state index contributed by atoms with van der Waals surface area (Å²) in [5.41, 5.74) is 1.61. The van der Waals surface area contributed by atoms with Crippen molar-refractivity contribution in [3.05, 3.63) is 46.0 Å². The Balaban J connectivity index is 1.46. The van der Waals surface area contributed by atoms with Gasteiger partial charge in [-0.05, 0) is 43.9 Å². The lowest BCUT2D eigenvalue weighted by Crippen LogP contribution is -2.44. The molecular formula is C21H29BrN6. The summed E-state index contributed by atoms with van der Waals surface area (Å²) in [5.74, 6) is 2.93. The molecule has 1 aromatic heterocycles. The van der Waals surface area contributed by atoms with Crippen molar-refractivity contribution in [2.45, 2.75) is 64.0 Å². The highest BCUT2D eigenvalue weighted by Gasteiger charge is 2.35. The third-order valence-corrected chi connectivity index (χ3v) is 6.55. The molecule has 0 unspecified atom stereocenters. The normalized spacial score (nSPS) is 18.3. The molecule has 0 spiro atoms. The highest BCUT2D eigenvalue weighted by Crippen LogP contribution is 2.40. The zero-order valence-electron chi connectivity index (χ0n) is 16.5. The summed E-state index contributed by atoms with van der Waals surface area (Å²) in [6.07, 6.45) is 7.21. The van der Waals surface area contributed by atoms with Crippen molar-refractivity contribution < 1.29 is 0 Å². The first-order valence-corrected chi connectivity index (χ1v) is 11.2. The highest BCUT2D eigenvalue weighted by atomic mass is 79.9. The molecule has 6 nitrogen and oxygen atoms in total. The van der Waals surface area contributed by atoms with Crippen LogP contribution >= 0.6 is 15.9 Å². The Labute approximate surface area is 175 Å². The fourth-order valence-corrected chi connectivity index (χ4v) is 4.76. The van der Waals surface area contributed by atoms with Crippen LogP contribution in [0, 0.1) is 0 Å². The smallest absolute Gasteiger partial charge is 0.191 e. The molecular weight excluding hydrogens is 416 g/mol. The Hall–Kier alpha value is -1.89. The van der Waals surface area contributed by atoms with Crippen molar-refractivity contribution in [2.24, 2.45) is 4.99 Å². The molecule has 0 amide bonds. The molecule has 1 aromatic carbocycles. The average molecular weight is 445 g/mol. The van der Waals surface area contributed by atoms with Crippen LogP contribution < -0.4 is 10.6 Å². The minimum absolute atomic E-state index is 0.188. The molecule has 1 fully saturated rings. The molecule has 2 heterocycles. The van der Waals surface area contributed by atoms with Gasteiger partial charge in [-0.1, -0.05) is 40.9 Å². The first-order chi connectivity index (χ1) is 13.7. The highest BCUT2D eigenvalue weighted by molar-refractivity contribution is 9.10. The topological polar surface area (TPSA) is 67.1 Å². The number of fused-ring (bicyclic) bond motifs is 1. The van der Waals surface area contributed by atoms with Crippen molar-refractivity contribution in [1.82, 2.24) is 25.4 Å². The fourth-order valence-electron chi connectivity index (χ4n) is 4.49. The summed E-state index contributed by atoms with van der Waals surface area (Å²) < 4.78 is 3.35. The number of benzene rings is 1. The van der Waals surface area contributed by atoms with Gasteiger partial charge in [0.1, 0.15) is 12.4 Å². The Morgan fingerprint density at radius 2 is 1.93 bits per heavy atom. The largest absolute Gasteiger partial charge is 0.357 e. The van der Waals surface area contributed by atoms with Crippen molar-refractivity contribution in [2.75, 3.05) is 13.1 Å². The maximum absolute atomic E-state index is 4.80. The van der Waals surface area contributed by atoms with Crippen LogP contribution in [0.5, 0.6) is 0 Å². The molecule has 2 aliphatic rings. The molecule has 0 saturated heterocycles. The van der Waals surface area contributed by atoms with Crippen LogP contribution in [0.1, 0.15) is 56.2 Å². The van der Waals surface area contributed by atoms with E-state index in [1.807, 2.05) is 0 Å². The molecule has 28 heavy (non-hydrogen) atoms. The van der Waals surface area contributed by atoms with Gasteiger partial charge >= 0.3 is 0 Å². The molecule has 150 valence electrons. The lowest BCUT2D eigenvalue weighted by molar-refractivity contribution is 0.431. The lowest BCUT2D eigenvalue weighted by Gasteiger charge is -2.31. The summed E-state index contributed by atoms with van der Waals surface area (Å²) in [4.78, 5) is 4.80. The van der Waals surface area contributed by atoms with E-state index < -0.39 is 0 Å². The van der Waals surface area contributed by atoms with Crippen LogP contribution in [0.4, 0.5) is 0 Å². The standard InChI is InChI=1S/C21H29BrN6/c1-2-23-20(24-14-19-27-26-18-6-5-13-28(18)19)25-15-21(11-3-4-12-21)16-7-9-17(22)10-8-16/h7-10H,2-6,11-15H2,1H3,(H2,23,24,25). The van der Waals surface area contributed by atoms with E-state index in [-0.39, 0.29) is 5.41 Å². The monoisotopic (exact) mass is 444 g/mol. The Morgan fingerprint density at radius 3 is 2.68 bits per heavy atom. The van der Waals surface area contributed by atoms with Crippen LogP contribution in [0.3, 0.4) is 0 Å². The summed E-state index contributed by atoms with van der Waals surface area (Å²) >= 11 is 3.56. The molecule has 0 bridgehead atoms. The number of aryl methyl sites for hydroxylation is 1. The van der Waals surface area contributed by atoms with Crippen molar-refractivity contribution in [3.8, 4) is 0 Å².